The molecule has 1 heterocycles. The zero-order valence-corrected chi connectivity index (χ0v) is 8.60. The van der Waals surface area contributed by atoms with Crippen molar-refractivity contribution in [2.45, 2.75) is 19.9 Å². The Labute approximate surface area is 82.3 Å². The summed E-state index contributed by atoms with van der Waals surface area (Å²) in [6.45, 7) is 4.05. The van der Waals surface area contributed by atoms with Crippen LogP contribution in [0.5, 0.6) is 0 Å². The summed E-state index contributed by atoms with van der Waals surface area (Å²) in [5, 5.41) is 6.79. The molecule has 3 heteroatoms. The van der Waals surface area contributed by atoms with Gasteiger partial charge in [0.2, 0.25) is 0 Å². The highest BCUT2D eigenvalue weighted by atomic mass is 32.1. The average Bonchev–Trinajstić information content (AvgIpc) is 2.55. The first-order chi connectivity index (χ1) is 6.20. The molecule has 1 aromatic heterocycles. The summed E-state index contributed by atoms with van der Waals surface area (Å²) in [6, 6.07) is 2.19. The second-order valence-electron chi connectivity index (χ2n) is 3.03. The number of ketones is 1. The van der Waals surface area contributed by atoms with E-state index in [9.17, 15) is 4.79 Å². The maximum absolute atomic E-state index is 11.4. The number of allylic oxidation sites excluding steroid dienone is 1. The standard InChI is InChI=1S/C10H13NOS/c1-8(2)11-5-3-10(12)9-4-6-13-7-9/h3-8,11H,1-2H3/b5-3+. The van der Waals surface area contributed by atoms with Gasteiger partial charge in [0.15, 0.2) is 5.78 Å². The first-order valence-electron chi connectivity index (χ1n) is 4.19. The zero-order chi connectivity index (χ0) is 9.68. The van der Waals surface area contributed by atoms with Crippen LogP contribution in [0.4, 0.5) is 0 Å². The van der Waals surface area contributed by atoms with Gasteiger partial charge in [-0.15, -0.1) is 0 Å². The van der Waals surface area contributed by atoms with E-state index in [-0.39, 0.29) is 5.78 Å². The third-order valence-corrected chi connectivity index (χ3v) is 2.15. The number of hydrogen-bond acceptors (Lipinski definition) is 3. The zero-order valence-electron chi connectivity index (χ0n) is 7.78. The summed E-state index contributed by atoms with van der Waals surface area (Å²) in [6.07, 6.45) is 3.26. The number of nitrogens with one attached hydrogen (secondary N) is 1. The van der Waals surface area contributed by atoms with Gasteiger partial charge in [0, 0.05) is 29.3 Å². The van der Waals surface area contributed by atoms with Crippen LogP contribution in [0.2, 0.25) is 0 Å². The molecule has 0 aliphatic heterocycles. The molecule has 1 N–H and O–H groups in total. The van der Waals surface area contributed by atoms with Crippen molar-refractivity contribution in [3.63, 3.8) is 0 Å². The highest BCUT2D eigenvalue weighted by Gasteiger charge is 1.99. The van der Waals surface area contributed by atoms with E-state index in [2.05, 4.69) is 5.32 Å². The molecule has 0 amide bonds. The molecular weight excluding hydrogens is 182 g/mol. The number of carbonyl (C=O) groups is 1. The predicted molar refractivity (Wildman–Crippen MR) is 56.1 cm³/mol. The van der Waals surface area contributed by atoms with E-state index in [1.807, 2.05) is 30.7 Å². The van der Waals surface area contributed by atoms with Crippen molar-refractivity contribution in [1.82, 2.24) is 5.32 Å². The number of carbonyl (C=O) groups excluding carboxylic acids is 1. The predicted octanol–water partition coefficient (Wildman–Crippen LogP) is 2.44. The average molecular weight is 195 g/mol. The second kappa shape index (κ2) is 4.82. The van der Waals surface area contributed by atoms with Crippen LogP contribution in [0, 0.1) is 0 Å². The third kappa shape index (κ3) is 3.42. The highest BCUT2D eigenvalue weighted by molar-refractivity contribution is 7.08. The van der Waals surface area contributed by atoms with E-state index in [4.69, 9.17) is 0 Å². The van der Waals surface area contributed by atoms with Crippen molar-refractivity contribution in [3.8, 4) is 0 Å². The van der Waals surface area contributed by atoms with Crippen LogP contribution in [-0.4, -0.2) is 11.8 Å². The van der Waals surface area contributed by atoms with Crippen molar-refractivity contribution in [2.75, 3.05) is 0 Å². The summed E-state index contributed by atoms with van der Waals surface area (Å²) in [7, 11) is 0. The molecule has 13 heavy (non-hydrogen) atoms. The van der Waals surface area contributed by atoms with Gasteiger partial charge in [-0.3, -0.25) is 4.79 Å². The monoisotopic (exact) mass is 195 g/mol. The molecule has 0 atom stereocenters. The van der Waals surface area contributed by atoms with E-state index >= 15 is 0 Å². The van der Waals surface area contributed by atoms with Crippen LogP contribution < -0.4 is 5.32 Å². The molecule has 1 aromatic rings. The van der Waals surface area contributed by atoms with Crippen LogP contribution in [-0.2, 0) is 0 Å². The van der Waals surface area contributed by atoms with Crippen LogP contribution >= 0.6 is 11.3 Å². The van der Waals surface area contributed by atoms with E-state index in [0.717, 1.165) is 5.56 Å². The molecule has 0 saturated heterocycles. The quantitative estimate of drug-likeness (QED) is 0.590. The van der Waals surface area contributed by atoms with Gasteiger partial charge in [-0.25, -0.2) is 0 Å². The van der Waals surface area contributed by atoms with E-state index < -0.39 is 0 Å². The topological polar surface area (TPSA) is 29.1 Å². The maximum Gasteiger partial charge on any atom is 0.188 e. The Morgan fingerprint density at radius 2 is 2.38 bits per heavy atom. The van der Waals surface area contributed by atoms with Crippen molar-refractivity contribution < 1.29 is 4.79 Å². The van der Waals surface area contributed by atoms with Crippen molar-refractivity contribution >= 4 is 17.1 Å². The van der Waals surface area contributed by atoms with Crippen LogP contribution in [0.1, 0.15) is 24.2 Å². The van der Waals surface area contributed by atoms with Gasteiger partial charge in [-0.05, 0) is 25.3 Å². The number of thiophene rings is 1. The Morgan fingerprint density at radius 1 is 1.62 bits per heavy atom. The smallest absolute Gasteiger partial charge is 0.188 e. The third-order valence-electron chi connectivity index (χ3n) is 1.47. The van der Waals surface area contributed by atoms with Crippen LogP contribution in [0.3, 0.4) is 0 Å². The molecule has 0 unspecified atom stereocenters. The first kappa shape index (κ1) is 9.99. The summed E-state index contributed by atoms with van der Waals surface area (Å²) in [5.41, 5.74) is 0.756. The molecule has 0 aliphatic rings. The molecule has 0 saturated carbocycles. The van der Waals surface area contributed by atoms with Crippen molar-refractivity contribution in [3.05, 3.63) is 34.7 Å². The van der Waals surface area contributed by atoms with Gasteiger partial charge >= 0.3 is 0 Å². The Hall–Kier alpha value is -1.09. The summed E-state index contributed by atoms with van der Waals surface area (Å²) in [4.78, 5) is 11.4. The van der Waals surface area contributed by atoms with Gasteiger partial charge in [0.05, 0.1) is 0 Å². The Morgan fingerprint density at radius 3 is 2.92 bits per heavy atom. The normalized spacial score (nSPS) is 11.0. The molecule has 0 radical (unpaired) electrons. The molecule has 1 rings (SSSR count). The van der Waals surface area contributed by atoms with Crippen LogP contribution in [0.25, 0.3) is 0 Å². The fraction of sp³-hybridized carbons (Fsp3) is 0.300. The molecule has 70 valence electrons. The number of rotatable bonds is 4. The van der Waals surface area contributed by atoms with Gasteiger partial charge in [-0.2, -0.15) is 11.3 Å². The van der Waals surface area contributed by atoms with Gasteiger partial charge < -0.3 is 5.32 Å². The van der Waals surface area contributed by atoms with E-state index in [0.29, 0.717) is 6.04 Å². The Bertz CT molecular complexity index is 288. The molecule has 0 bridgehead atoms. The molecule has 0 fully saturated rings. The minimum absolute atomic E-state index is 0.0504. The maximum atomic E-state index is 11.4. The molecule has 2 nitrogen and oxygen atoms in total. The first-order valence-corrected chi connectivity index (χ1v) is 5.13. The largest absolute Gasteiger partial charge is 0.389 e. The summed E-state index contributed by atoms with van der Waals surface area (Å²) in [5.74, 6) is 0.0504. The fourth-order valence-corrected chi connectivity index (χ4v) is 1.46. The lowest BCUT2D eigenvalue weighted by Crippen LogP contribution is -2.15. The lowest BCUT2D eigenvalue weighted by molar-refractivity contribution is 0.104. The molecule has 0 aliphatic carbocycles. The van der Waals surface area contributed by atoms with Crippen molar-refractivity contribution in [1.29, 1.82) is 0 Å². The number of hydrogen-bond donors (Lipinski definition) is 1. The van der Waals surface area contributed by atoms with Crippen molar-refractivity contribution in [2.24, 2.45) is 0 Å². The van der Waals surface area contributed by atoms with Crippen LogP contribution in [0.15, 0.2) is 29.1 Å². The fourth-order valence-electron chi connectivity index (χ4n) is 0.817. The highest BCUT2D eigenvalue weighted by Crippen LogP contribution is 2.06. The van der Waals surface area contributed by atoms with E-state index in [1.54, 1.807) is 12.3 Å². The van der Waals surface area contributed by atoms with Gasteiger partial charge in [0.25, 0.3) is 0 Å². The lowest BCUT2D eigenvalue weighted by atomic mass is 10.2. The van der Waals surface area contributed by atoms with Gasteiger partial charge in [0.1, 0.15) is 0 Å². The summed E-state index contributed by atoms with van der Waals surface area (Å²) < 4.78 is 0. The molecular formula is C10H13NOS. The molecule has 0 spiro atoms. The Balaban J connectivity index is 2.47. The SMILES string of the molecule is CC(C)N/C=C/C(=O)c1ccsc1. The minimum Gasteiger partial charge on any atom is -0.389 e. The Kier molecular flexibility index (Phi) is 3.71. The lowest BCUT2D eigenvalue weighted by Gasteiger charge is -2.01. The second-order valence-corrected chi connectivity index (χ2v) is 3.81. The van der Waals surface area contributed by atoms with Gasteiger partial charge in [-0.1, -0.05) is 0 Å². The minimum atomic E-state index is 0.0504. The van der Waals surface area contributed by atoms with E-state index in [1.165, 1.54) is 11.3 Å². The summed E-state index contributed by atoms with van der Waals surface area (Å²) >= 11 is 1.53. The molecule has 0 aromatic carbocycles.